The first-order chi connectivity index (χ1) is 9.06. The number of hydrogen-bond acceptors (Lipinski definition) is 5. The molecule has 1 aliphatic carbocycles. The molecule has 2 aliphatic rings. The molecule has 0 spiro atoms. The first-order valence-corrected chi connectivity index (χ1v) is 6.67. The van der Waals surface area contributed by atoms with Crippen LogP contribution in [0.2, 0.25) is 5.02 Å². The zero-order valence-electron chi connectivity index (χ0n) is 10.2. The van der Waals surface area contributed by atoms with Gasteiger partial charge in [-0.3, -0.25) is 10.1 Å². The first kappa shape index (κ1) is 12.6. The molecule has 2 fully saturated rings. The fourth-order valence-corrected chi connectivity index (χ4v) is 3.36. The van der Waals surface area contributed by atoms with Crippen molar-refractivity contribution in [3.05, 3.63) is 27.4 Å². The number of halogens is 1. The van der Waals surface area contributed by atoms with Crippen LogP contribution in [0.3, 0.4) is 0 Å². The number of hydrogen-bond donors (Lipinski definition) is 1. The summed E-state index contributed by atoms with van der Waals surface area (Å²) in [5.41, 5.74) is -0.0676. The zero-order chi connectivity index (χ0) is 13.6. The summed E-state index contributed by atoms with van der Waals surface area (Å²) in [6.07, 6.45) is 2.94. The van der Waals surface area contributed by atoms with Crippen molar-refractivity contribution in [2.45, 2.75) is 18.9 Å². The Labute approximate surface area is 115 Å². The molecule has 0 aromatic carbocycles. The number of fused-ring (bicyclic) bond motifs is 1. The lowest BCUT2D eigenvalue weighted by atomic mass is 10.00. The normalized spacial score (nSPS) is 29.6. The predicted molar refractivity (Wildman–Crippen MR) is 70.3 cm³/mol. The third kappa shape index (κ3) is 2.15. The molecule has 1 saturated heterocycles. The second kappa shape index (κ2) is 4.61. The number of nitrogens with zero attached hydrogens (tertiary/aromatic N) is 3. The highest BCUT2D eigenvalue weighted by molar-refractivity contribution is 6.30. The maximum absolute atomic E-state index is 11.1. The molecule has 3 unspecified atom stereocenters. The Bertz CT molecular complexity index is 525. The van der Waals surface area contributed by atoms with Crippen LogP contribution in [0.25, 0.3) is 0 Å². The number of rotatable bonds is 2. The molecule has 1 N–H and O–H groups in total. The Hall–Kier alpha value is -1.40. The maximum atomic E-state index is 11.1. The largest absolute Gasteiger partial charge is 0.393 e. The van der Waals surface area contributed by atoms with Crippen LogP contribution >= 0.6 is 11.6 Å². The molecular weight excluding hydrogens is 270 g/mol. The van der Waals surface area contributed by atoms with Crippen LogP contribution in [0.4, 0.5) is 11.5 Å². The van der Waals surface area contributed by atoms with Gasteiger partial charge in [0.2, 0.25) is 5.82 Å². The molecule has 3 rings (SSSR count). The number of pyridine rings is 1. The van der Waals surface area contributed by atoms with Gasteiger partial charge in [-0.15, -0.1) is 0 Å². The number of aliphatic hydroxyl groups is 1. The highest BCUT2D eigenvalue weighted by atomic mass is 35.5. The van der Waals surface area contributed by atoms with Crippen LogP contribution in [-0.2, 0) is 0 Å². The summed E-state index contributed by atoms with van der Waals surface area (Å²) in [5, 5.41) is 21.2. The van der Waals surface area contributed by atoms with E-state index in [0.717, 1.165) is 19.4 Å². The fourth-order valence-electron chi connectivity index (χ4n) is 3.21. The Balaban J connectivity index is 1.90. The van der Waals surface area contributed by atoms with Gasteiger partial charge in [-0.05, 0) is 18.8 Å². The molecule has 0 bridgehead atoms. The molecule has 1 aliphatic heterocycles. The lowest BCUT2D eigenvalue weighted by Crippen LogP contribution is -2.25. The van der Waals surface area contributed by atoms with Gasteiger partial charge in [0.25, 0.3) is 0 Å². The molecule has 2 heterocycles. The SMILES string of the molecule is O=[N+]([O-])c1cc(Cl)cnc1N1CC2CCC(O)C2C1. The Kier molecular flexibility index (Phi) is 3.06. The third-order valence-corrected chi connectivity index (χ3v) is 4.34. The minimum atomic E-state index is -0.460. The second-order valence-electron chi connectivity index (χ2n) is 5.23. The molecule has 3 atom stereocenters. The standard InChI is InChI=1S/C12H14ClN3O3/c13-8-3-10(16(18)19)12(14-4-8)15-5-7-1-2-11(17)9(7)6-15/h3-4,7,9,11,17H,1-2,5-6H2. The van der Waals surface area contributed by atoms with E-state index in [1.807, 2.05) is 4.90 Å². The maximum Gasteiger partial charge on any atom is 0.313 e. The Morgan fingerprint density at radius 1 is 1.47 bits per heavy atom. The second-order valence-corrected chi connectivity index (χ2v) is 5.66. The predicted octanol–water partition coefficient (Wildman–Crippen LogP) is 1.85. The van der Waals surface area contributed by atoms with E-state index < -0.39 is 4.92 Å². The van der Waals surface area contributed by atoms with Crippen molar-refractivity contribution in [3.63, 3.8) is 0 Å². The van der Waals surface area contributed by atoms with Crippen molar-refractivity contribution in [1.29, 1.82) is 0 Å². The van der Waals surface area contributed by atoms with E-state index in [4.69, 9.17) is 11.6 Å². The summed E-state index contributed by atoms with van der Waals surface area (Å²) in [6, 6.07) is 1.33. The summed E-state index contributed by atoms with van der Waals surface area (Å²) in [4.78, 5) is 16.6. The average Bonchev–Trinajstić information content (AvgIpc) is 2.92. The number of nitro groups is 1. The first-order valence-electron chi connectivity index (χ1n) is 6.29. The van der Waals surface area contributed by atoms with E-state index in [0.29, 0.717) is 18.3 Å². The summed E-state index contributed by atoms with van der Waals surface area (Å²) >= 11 is 5.76. The van der Waals surface area contributed by atoms with Gasteiger partial charge < -0.3 is 10.0 Å². The number of aliphatic hydroxyl groups excluding tert-OH is 1. The lowest BCUT2D eigenvalue weighted by Gasteiger charge is -2.19. The molecule has 1 aromatic heterocycles. The molecule has 6 nitrogen and oxygen atoms in total. The molecule has 0 radical (unpaired) electrons. The van der Waals surface area contributed by atoms with Crippen LogP contribution in [0.15, 0.2) is 12.3 Å². The van der Waals surface area contributed by atoms with E-state index in [1.54, 1.807) is 0 Å². The summed E-state index contributed by atoms with van der Waals surface area (Å²) in [5.74, 6) is 0.972. The molecule has 0 amide bonds. The van der Waals surface area contributed by atoms with E-state index in [1.165, 1.54) is 12.3 Å². The topological polar surface area (TPSA) is 79.5 Å². The van der Waals surface area contributed by atoms with E-state index in [9.17, 15) is 15.2 Å². The van der Waals surface area contributed by atoms with Crippen molar-refractivity contribution in [2.24, 2.45) is 11.8 Å². The van der Waals surface area contributed by atoms with Gasteiger partial charge in [-0.25, -0.2) is 4.98 Å². The third-order valence-electron chi connectivity index (χ3n) is 4.13. The van der Waals surface area contributed by atoms with Crippen LogP contribution < -0.4 is 4.90 Å². The molecule has 19 heavy (non-hydrogen) atoms. The van der Waals surface area contributed by atoms with Crippen molar-refractivity contribution >= 4 is 23.1 Å². The molecule has 1 saturated carbocycles. The van der Waals surface area contributed by atoms with Crippen molar-refractivity contribution < 1.29 is 10.0 Å². The van der Waals surface area contributed by atoms with Gasteiger partial charge in [-0.1, -0.05) is 11.6 Å². The van der Waals surface area contributed by atoms with Crippen LogP contribution in [0.5, 0.6) is 0 Å². The van der Waals surface area contributed by atoms with E-state index >= 15 is 0 Å². The Morgan fingerprint density at radius 2 is 2.26 bits per heavy atom. The summed E-state index contributed by atoms with van der Waals surface area (Å²) in [6.45, 7) is 1.35. The average molecular weight is 284 g/mol. The number of aromatic nitrogens is 1. The van der Waals surface area contributed by atoms with Crippen LogP contribution in [0.1, 0.15) is 12.8 Å². The van der Waals surface area contributed by atoms with Gasteiger partial charge in [0.15, 0.2) is 0 Å². The summed E-state index contributed by atoms with van der Waals surface area (Å²) < 4.78 is 0. The minimum Gasteiger partial charge on any atom is -0.393 e. The quantitative estimate of drug-likeness (QED) is 0.662. The van der Waals surface area contributed by atoms with Crippen molar-refractivity contribution in [1.82, 2.24) is 4.98 Å². The van der Waals surface area contributed by atoms with Gasteiger partial charge in [0.05, 0.1) is 16.0 Å². The van der Waals surface area contributed by atoms with Gasteiger partial charge in [0, 0.05) is 31.3 Å². The van der Waals surface area contributed by atoms with Crippen molar-refractivity contribution in [2.75, 3.05) is 18.0 Å². The molecule has 7 heteroatoms. The highest BCUT2D eigenvalue weighted by Gasteiger charge is 2.43. The van der Waals surface area contributed by atoms with E-state index in [2.05, 4.69) is 4.98 Å². The number of anilines is 1. The van der Waals surface area contributed by atoms with Gasteiger partial charge in [-0.2, -0.15) is 0 Å². The summed E-state index contributed by atoms with van der Waals surface area (Å²) in [7, 11) is 0. The fraction of sp³-hybridized carbons (Fsp3) is 0.583. The smallest absolute Gasteiger partial charge is 0.313 e. The minimum absolute atomic E-state index is 0.0676. The van der Waals surface area contributed by atoms with Gasteiger partial charge >= 0.3 is 5.69 Å². The molecule has 102 valence electrons. The highest BCUT2D eigenvalue weighted by Crippen LogP contribution is 2.41. The van der Waals surface area contributed by atoms with Gasteiger partial charge in [0.1, 0.15) is 0 Å². The van der Waals surface area contributed by atoms with E-state index in [-0.39, 0.29) is 22.7 Å². The van der Waals surface area contributed by atoms with Crippen LogP contribution in [0, 0.1) is 22.0 Å². The Morgan fingerprint density at radius 3 is 2.95 bits per heavy atom. The molecule has 1 aromatic rings. The monoisotopic (exact) mass is 283 g/mol. The van der Waals surface area contributed by atoms with Crippen LogP contribution in [-0.4, -0.2) is 34.2 Å². The van der Waals surface area contributed by atoms with Crippen molar-refractivity contribution in [3.8, 4) is 0 Å². The molecular formula is C12H14ClN3O3. The zero-order valence-corrected chi connectivity index (χ0v) is 11.0. The lowest BCUT2D eigenvalue weighted by molar-refractivity contribution is -0.384.